The molecule has 3 aromatic rings. The molecule has 0 N–H and O–H groups in total. The van der Waals surface area contributed by atoms with Crippen LogP contribution < -0.4 is 4.74 Å². The molecule has 0 aliphatic carbocycles. The SMILES string of the molecule is CCOC(=O)c1c(-c2ccccc2)nc2ccc(OC)cc2c1Cl. The fraction of sp³-hybridized carbons (Fsp3) is 0.158. The van der Waals surface area contributed by atoms with Crippen molar-refractivity contribution in [2.45, 2.75) is 6.92 Å². The normalized spacial score (nSPS) is 10.6. The molecule has 0 spiro atoms. The van der Waals surface area contributed by atoms with E-state index in [-0.39, 0.29) is 12.2 Å². The number of hydrogen-bond donors (Lipinski definition) is 0. The first-order chi connectivity index (χ1) is 11.7. The lowest BCUT2D eigenvalue weighted by Crippen LogP contribution is -2.09. The van der Waals surface area contributed by atoms with Gasteiger partial charge in [-0.3, -0.25) is 0 Å². The van der Waals surface area contributed by atoms with Crippen molar-refractivity contribution in [2.24, 2.45) is 0 Å². The molecule has 24 heavy (non-hydrogen) atoms. The van der Waals surface area contributed by atoms with Crippen LogP contribution in [0.5, 0.6) is 5.75 Å². The van der Waals surface area contributed by atoms with Gasteiger partial charge in [-0.25, -0.2) is 9.78 Å². The summed E-state index contributed by atoms with van der Waals surface area (Å²) in [5, 5.41) is 0.968. The summed E-state index contributed by atoms with van der Waals surface area (Å²) in [7, 11) is 1.58. The summed E-state index contributed by atoms with van der Waals surface area (Å²) in [6.45, 7) is 2.02. The van der Waals surface area contributed by atoms with Gasteiger partial charge in [-0.05, 0) is 25.1 Å². The van der Waals surface area contributed by atoms with Crippen LogP contribution in [0.25, 0.3) is 22.2 Å². The Morgan fingerprint density at radius 3 is 2.58 bits per heavy atom. The molecule has 122 valence electrons. The Labute approximate surface area is 145 Å². The van der Waals surface area contributed by atoms with E-state index < -0.39 is 5.97 Å². The summed E-state index contributed by atoms with van der Waals surface area (Å²) in [4.78, 5) is 17.1. The molecule has 2 aromatic carbocycles. The van der Waals surface area contributed by atoms with Crippen LogP contribution in [-0.2, 0) is 4.74 Å². The average molecular weight is 342 g/mol. The predicted molar refractivity (Wildman–Crippen MR) is 94.7 cm³/mol. The largest absolute Gasteiger partial charge is 0.497 e. The molecule has 0 amide bonds. The maximum atomic E-state index is 12.5. The summed E-state index contributed by atoms with van der Waals surface area (Å²) < 4.78 is 10.4. The number of esters is 1. The number of methoxy groups -OCH3 is 1. The Balaban J connectivity index is 2.33. The van der Waals surface area contributed by atoms with E-state index in [1.165, 1.54) is 0 Å². The molecule has 3 rings (SSSR count). The van der Waals surface area contributed by atoms with Crippen molar-refractivity contribution >= 4 is 28.5 Å². The second-order valence-corrected chi connectivity index (χ2v) is 5.50. The Hall–Kier alpha value is -2.59. The standard InChI is InChI=1S/C19H16ClNO3/c1-3-24-19(22)16-17(20)14-11-13(23-2)9-10-15(14)21-18(16)12-7-5-4-6-8-12/h4-11H,3H2,1-2H3. The van der Waals surface area contributed by atoms with Crippen LogP contribution in [-0.4, -0.2) is 24.7 Å². The van der Waals surface area contributed by atoms with E-state index in [1.807, 2.05) is 42.5 Å². The van der Waals surface area contributed by atoms with E-state index >= 15 is 0 Å². The molecule has 1 aromatic heterocycles. The lowest BCUT2D eigenvalue weighted by atomic mass is 10.0. The minimum absolute atomic E-state index is 0.263. The molecule has 0 aliphatic heterocycles. The van der Waals surface area contributed by atoms with E-state index in [2.05, 4.69) is 4.98 Å². The zero-order valence-corrected chi connectivity index (χ0v) is 14.1. The average Bonchev–Trinajstić information content (AvgIpc) is 2.62. The lowest BCUT2D eigenvalue weighted by Gasteiger charge is -2.13. The highest BCUT2D eigenvalue weighted by atomic mass is 35.5. The number of rotatable bonds is 4. The number of hydrogen-bond acceptors (Lipinski definition) is 4. The van der Waals surface area contributed by atoms with Crippen LogP contribution in [0.4, 0.5) is 0 Å². The van der Waals surface area contributed by atoms with E-state index in [1.54, 1.807) is 20.1 Å². The first-order valence-corrected chi connectivity index (χ1v) is 7.93. The number of fused-ring (bicyclic) bond motifs is 1. The molecular weight excluding hydrogens is 326 g/mol. The molecule has 0 unspecified atom stereocenters. The second kappa shape index (κ2) is 6.89. The second-order valence-electron chi connectivity index (χ2n) is 5.12. The van der Waals surface area contributed by atoms with Crippen molar-refractivity contribution < 1.29 is 14.3 Å². The van der Waals surface area contributed by atoms with E-state index in [4.69, 9.17) is 21.1 Å². The molecule has 0 atom stereocenters. The first kappa shape index (κ1) is 16.3. The van der Waals surface area contributed by atoms with Gasteiger partial charge in [-0.2, -0.15) is 0 Å². The molecule has 1 heterocycles. The highest BCUT2D eigenvalue weighted by Gasteiger charge is 2.22. The van der Waals surface area contributed by atoms with Crippen LogP contribution >= 0.6 is 11.6 Å². The third-order valence-corrected chi connectivity index (χ3v) is 4.05. The van der Waals surface area contributed by atoms with Crippen LogP contribution in [0.3, 0.4) is 0 Å². The van der Waals surface area contributed by atoms with Crippen LogP contribution in [0.2, 0.25) is 5.02 Å². The minimum atomic E-state index is -0.487. The van der Waals surface area contributed by atoms with Crippen molar-refractivity contribution in [1.29, 1.82) is 0 Å². The molecule has 0 aliphatic rings. The van der Waals surface area contributed by atoms with Crippen molar-refractivity contribution in [3.05, 3.63) is 59.1 Å². The Morgan fingerprint density at radius 2 is 1.92 bits per heavy atom. The van der Waals surface area contributed by atoms with Gasteiger partial charge in [0.25, 0.3) is 0 Å². The topological polar surface area (TPSA) is 48.4 Å². The van der Waals surface area contributed by atoms with E-state index in [0.717, 1.165) is 5.56 Å². The van der Waals surface area contributed by atoms with E-state index in [0.29, 0.717) is 27.4 Å². The highest BCUT2D eigenvalue weighted by Crippen LogP contribution is 2.35. The van der Waals surface area contributed by atoms with Gasteiger partial charge in [0.05, 0.1) is 29.9 Å². The van der Waals surface area contributed by atoms with Crippen LogP contribution in [0.15, 0.2) is 48.5 Å². The van der Waals surface area contributed by atoms with Gasteiger partial charge < -0.3 is 9.47 Å². The van der Waals surface area contributed by atoms with Crippen molar-refractivity contribution in [3.63, 3.8) is 0 Å². The number of pyridine rings is 1. The number of aromatic nitrogens is 1. The summed E-state index contributed by atoms with van der Waals surface area (Å²) in [6, 6.07) is 14.8. The molecule has 0 fully saturated rings. The van der Waals surface area contributed by atoms with Gasteiger partial charge in [-0.15, -0.1) is 0 Å². The van der Waals surface area contributed by atoms with E-state index in [9.17, 15) is 4.79 Å². The van der Waals surface area contributed by atoms with Gasteiger partial charge in [0.1, 0.15) is 11.3 Å². The number of carbonyl (C=O) groups is 1. The van der Waals surface area contributed by atoms with Gasteiger partial charge in [-0.1, -0.05) is 41.9 Å². The molecule has 0 radical (unpaired) electrons. The quantitative estimate of drug-likeness (QED) is 0.643. The summed E-state index contributed by atoms with van der Waals surface area (Å²) in [5.74, 6) is 0.159. The Bertz CT molecular complexity index is 894. The summed E-state index contributed by atoms with van der Waals surface area (Å²) >= 11 is 6.56. The van der Waals surface area contributed by atoms with Crippen molar-refractivity contribution in [2.75, 3.05) is 13.7 Å². The summed E-state index contributed by atoms with van der Waals surface area (Å²) in [5.41, 5.74) is 2.27. The Morgan fingerprint density at radius 1 is 1.17 bits per heavy atom. The fourth-order valence-electron chi connectivity index (χ4n) is 2.52. The van der Waals surface area contributed by atoms with Gasteiger partial charge >= 0.3 is 5.97 Å². The zero-order chi connectivity index (χ0) is 17.1. The van der Waals surface area contributed by atoms with Gasteiger partial charge in [0.15, 0.2) is 0 Å². The zero-order valence-electron chi connectivity index (χ0n) is 13.4. The smallest absolute Gasteiger partial charge is 0.341 e. The number of halogens is 1. The summed E-state index contributed by atoms with van der Waals surface area (Å²) in [6.07, 6.45) is 0. The fourth-order valence-corrected chi connectivity index (χ4v) is 2.84. The number of benzene rings is 2. The van der Waals surface area contributed by atoms with Crippen molar-refractivity contribution in [1.82, 2.24) is 4.98 Å². The molecule has 0 saturated heterocycles. The number of ether oxygens (including phenoxy) is 2. The third kappa shape index (κ3) is 2.93. The third-order valence-electron chi connectivity index (χ3n) is 3.66. The van der Waals surface area contributed by atoms with Crippen molar-refractivity contribution in [3.8, 4) is 17.0 Å². The molecule has 0 bridgehead atoms. The van der Waals surface area contributed by atoms with Crippen LogP contribution in [0, 0.1) is 0 Å². The monoisotopic (exact) mass is 341 g/mol. The predicted octanol–water partition coefficient (Wildman–Crippen LogP) is 4.74. The molecule has 5 heteroatoms. The minimum Gasteiger partial charge on any atom is -0.497 e. The molecule has 4 nitrogen and oxygen atoms in total. The maximum absolute atomic E-state index is 12.5. The first-order valence-electron chi connectivity index (χ1n) is 7.55. The van der Waals surface area contributed by atoms with Gasteiger partial charge in [0, 0.05) is 10.9 Å². The number of carbonyl (C=O) groups excluding carboxylic acids is 1. The lowest BCUT2D eigenvalue weighted by molar-refractivity contribution is 0.0527. The Kier molecular flexibility index (Phi) is 4.67. The van der Waals surface area contributed by atoms with Crippen LogP contribution in [0.1, 0.15) is 17.3 Å². The van der Waals surface area contributed by atoms with Gasteiger partial charge in [0.2, 0.25) is 0 Å². The maximum Gasteiger partial charge on any atom is 0.341 e. The number of nitrogens with zero attached hydrogens (tertiary/aromatic N) is 1. The molecular formula is C19H16ClNO3. The molecule has 0 saturated carbocycles. The highest BCUT2D eigenvalue weighted by molar-refractivity contribution is 6.39.